The van der Waals surface area contributed by atoms with Gasteiger partial charge in [0.15, 0.2) is 11.5 Å². The van der Waals surface area contributed by atoms with Crippen molar-refractivity contribution in [3.63, 3.8) is 0 Å². The number of likely N-dealkylation sites (tertiary alicyclic amines) is 1. The lowest BCUT2D eigenvalue weighted by atomic mass is 10.1. The van der Waals surface area contributed by atoms with Crippen molar-refractivity contribution >= 4 is 46.4 Å². The highest BCUT2D eigenvalue weighted by Crippen LogP contribution is 2.32. The van der Waals surface area contributed by atoms with Gasteiger partial charge in [-0.25, -0.2) is 19.6 Å². The molecule has 198 valence electrons. The number of carboxylic acid groups (broad SMARTS) is 3. The Kier molecular flexibility index (Phi) is 6.65. The average Bonchev–Trinajstić information content (AvgIpc) is 3.29. The monoisotopic (exact) mass is 532 g/mol. The van der Waals surface area contributed by atoms with Crippen molar-refractivity contribution in [3.8, 4) is 0 Å². The van der Waals surface area contributed by atoms with Gasteiger partial charge in [-0.05, 0) is 55.3 Å². The zero-order valence-electron chi connectivity index (χ0n) is 19.5. The molecule has 1 aliphatic rings. The molecule has 0 saturated carbocycles. The summed E-state index contributed by atoms with van der Waals surface area (Å²) >= 11 is 0. The summed E-state index contributed by atoms with van der Waals surface area (Å²) < 4.78 is 39.3. The molecule has 3 aromatic rings. The summed E-state index contributed by atoms with van der Waals surface area (Å²) in [5.41, 5.74) is -1.13. The van der Waals surface area contributed by atoms with Crippen molar-refractivity contribution in [1.82, 2.24) is 14.9 Å². The molecule has 38 heavy (non-hydrogen) atoms. The molecule has 0 bridgehead atoms. The molecular weight excluding hydrogens is 513 g/mol. The number of hydrogen-bond acceptors (Lipinski definition) is 7. The van der Waals surface area contributed by atoms with E-state index in [1.165, 1.54) is 25.1 Å². The fraction of sp³-hybridized carbons (Fsp3) is 0.250. The van der Waals surface area contributed by atoms with Gasteiger partial charge in [0.1, 0.15) is 6.04 Å². The van der Waals surface area contributed by atoms with Crippen LogP contribution in [-0.2, 0) is 15.8 Å². The zero-order valence-corrected chi connectivity index (χ0v) is 19.5. The van der Waals surface area contributed by atoms with Crippen LogP contribution in [0.2, 0.25) is 0 Å². The summed E-state index contributed by atoms with van der Waals surface area (Å²) in [7, 11) is 0. The number of hydrogen-bond donors (Lipinski definition) is 4. The molecule has 1 aliphatic heterocycles. The van der Waals surface area contributed by atoms with Gasteiger partial charge < -0.3 is 25.5 Å². The van der Waals surface area contributed by atoms with E-state index in [2.05, 4.69) is 15.3 Å². The number of carbonyl (C=O) groups is 4. The number of alkyl halides is 3. The lowest BCUT2D eigenvalue weighted by Gasteiger charge is -2.22. The number of carbonyl (C=O) groups excluding carboxylic acids is 1. The van der Waals surface area contributed by atoms with Gasteiger partial charge in [0.2, 0.25) is 0 Å². The Balaban J connectivity index is 1.66. The third-order valence-electron chi connectivity index (χ3n) is 6.11. The van der Waals surface area contributed by atoms with E-state index in [1.54, 1.807) is 0 Å². The first kappa shape index (κ1) is 26.3. The summed E-state index contributed by atoms with van der Waals surface area (Å²) in [6.07, 6.45) is -4.88. The standard InChI is InChI=1S/C24H19F3N4O7/c1-10-6-13(3-4-14(10)20(32)31-9-11(21(33)34)7-17(31)22(35)36)28-19-18(23(37)38)29-15-5-2-12(24(25,26)27)8-16(15)30-19/h2-6,8,11,17H,7,9H2,1H3,(H,28,30)(H,33,34)(H,35,36)(H,37,38). The van der Waals surface area contributed by atoms with Crippen LogP contribution in [0.1, 0.15) is 38.4 Å². The number of benzene rings is 2. The largest absolute Gasteiger partial charge is 0.481 e. The Morgan fingerprint density at radius 1 is 0.974 bits per heavy atom. The van der Waals surface area contributed by atoms with Gasteiger partial charge in [-0.2, -0.15) is 13.2 Å². The number of aromatic nitrogens is 2. The van der Waals surface area contributed by atoms with Crippen LogP contribution in [0.5, 0.6) is 0 Å². The predicted molar refractivity (Wildman–Crippen MR) is 124 cm³/mol. The van der Waals surface area contributed by atoms with Crippen molar-refractivity contribution in [2.75, 3.05) is 11.9 Å². The number of anilines is 2. The van der Waals surface area contributed by atoms with E-state index < -0.39 is 53.2 Å². The van der Waals surface area contributed by atoms with E-state index in [0.717, 1.165) is 23.1 Å². The fourth-order valence-electron chi connectivity index (χ4n) is 4.21. The Morgan fingerprint density at radius 2 is 1.68 bits per heavy atom. The number of aliphatic carboxylic acids is 2. The quantitative estimate of drug-likeness (QED) is 0.369. The second-order valence-electron chi connectivity index (χ2n) is 8.66. The lowest BCUT2D eigenvalue weighted by Crippen LogP contribution is -2.40. The van der Waals surface area contributed by atoms with Crippen LogP contribution in [-0.4, -0.2) is 66.6 Å². The predicted octanol–water partition coefficient (Wildman–Crippen LogP) is 3.40. The first-order valence-corrected chi connectivity index (χ1v) is 11.0. The highest BCUT2D eigenvalue weighted by atomic mass is 19.4. The molecule has 1 amide bonds. The average molecular weight is 532 g/mol. The Morgan fingerprint density at radius 3 is 2.26 bits per heavy atom. The molecule has 1 fully saturated rings. The number of rotatable bonds is 6. The van der Waals surface area contributed by atoms with E-state index in [1.807, 2.05) is 0 Å². The van der Waals surface area contributed by atoms with E-state index in [9.17, 15) is 47.7 Å². The third kappa shape index (κ3) is 5.05. The van der Waals surface area contributed by atoms with Gasteiger partial charge in [0.05, 0.1) is 22.5 Å². The Bertz CT molecular complexity index is 1490. The highest BCUT2D eigenvalue weighted by Gasteiger charge is 2.43. The van der Waals surface area contributed by atoms with Crippen molar-refractivity contribution < 1.29 is 47.7 Å². The number of nitrogens with zero attached hydrogens (tertiary/aromatic N) is 3. The van der Waals surface area contributed by atoms with Crippen LogP contribution >= 0.6 is 0 Å². The number of fused-ring (bicyclic) bond motifs is 1. The van der Waals surface area contributed by atoms with Gasteiger partial charge >= 0.3 is 24.1 Å². The minimum absolute atomic E-state index is 0.0589. The minimum atomic E-state index is -4.64. The van der Waals surface area contributed by atoms with E-state index in [4.69, 9.17) is 0 Å². The first-order valence-electron chi connectivity index (χ1n) is 11.0. The molecule has 14 heteroatoms. The number of amides is 1. The molecule has 0 spiro atoms. The zero-order chi connectivity index (χ0) is 27.9. The smallest absolute Gasteiger partial charge is 0.416 e. The molecule has 2 unspecified atom stereocenters. The van der Waals surface area contributed by atoms with Crippen LogP contribution in [0.25, 0.3) is 11.0 Å². The maximum atomic E-state index is 13.1. The summed E-state index contributed by atoms with van der Waals surface area (Å²) in [4.78, 5) is 56.7. The van der Waals surface area contributed by atoms with Crippen molar-refractivity contribution in [2.24, 2.45) is 5.92 Å². The van der Waals surface area contributed by atoms with Gasteiger partial charge in [-0.15, -0.1) is 0 Å². The first-order chi connectivity index (χ1) is 17.8. The van der Waals surface area contributed by atoms with E-state index in [-0.39, 0.29) is 41.1 Å². The molecule has 2 heterocycles. The molecule has 0 radical (unpaired) electrons. The maximum absolute atomic E-state index is 13.1. The summed E-state index contributed by atoms with van der Waals surface area (Å²) in [6, 6.07) is 5.34. The maximum Gasteiger partial charge on any atom is 0.416 e. The van der Waals surface area contributed by atoms with Crippen molar-refractivity contribution in [3.05, 3.63) is 58.8 Å². The summed E-state index contributed by atoms with van der Waals surface area (Å²) in [5, 5.41) is 30.9. The third-order valence-corrected chi connectivity index (χ3v) is 6.11. The molecule has 2 atom stereocenters. The number of halogens is 3. The van der Waals surface area contributed by atoms with E-state index in [0.29, 0.717) is 5.56 Å². The van der Waals surface area contributed by atoms with Gasteiger partial charge in [0.25, 0.3) is 5.91 Å². The van der Waals surface area contributed by atoms with Crippen molar-refractivity contribution in [1.29, 1.82) is 0 Å². The number of nitrogens with one attached hydrogen (secondary N) is 1. The normalized spacial score (nSPS) is 17.4. The number of aryl methyl sites for hydroxylation is 1. The molecule has 0 aliphatic carbocycles. The molecule has 1 saturated heterocycles. The van der Waals surface area contributed by atoms with Crippen LogP contribution in [0.15, 0.2) is 36.4 Å². The molecule has 11 nitrogen and oxygen atoms in total. The molecule has 4 rings (SSSR count). The molecule has 4 N–H and O–H groups in total. The van der Waals surface area contributed by atoms with Crippen LogP contribution < -0.4 is 5.32 Å². The highest BCUT2D eigenvalue weighted by molar-refractivity contribution is 5.99. The van der Waals surface area contributed by atoms with Crippen molar-refractivity contribution in [2.45, 2.75) is 25.6 Å². The Labute approximate surface area is 211 Å². The second kappa shape index (κ2) is 9.61. The van der Waals surface area contributed by atoms with Crippen LogP contribution in [0.3, 0.4) is 0 Å². The second-order valence-corrected chi connectivity index (χ2v) is 8.66. The molecule has 1 aromatic heterocycles. The van der Waals surface area contributed by atoms with E-state index >= 15 is 0 Å². The molecule has 2 aromatic carbocycles. The summed E-state index contributed by atoms with van der Waals surface area (Å²) in [6.45, 7) is 1.25. The SMILES string of the molecule is Cc1cc(Nc2nc3cc(C(F)(F)F)ccc3nc2C(=O)O)ccc1C(=O)N1CC(C(=O)O)CC1C(=O)O. The van der Waals surface area contributed by atoms with Crippen LogP contribution in [0, 0.1) is 12.8 Å². The van der Waals surface area contributed by atoms with Gasteiger partial charge in [0, 0.05) is 17.8 Å². The topological polar surface area (TPSA) is 170 Å². The molecular formula is C24H19F3N4O7. The fourth-order valence-corrected chi connectivity index (χ4v) is 4.21. The van der Waals surface area contributed by atoms with Gasteiger partial charge in [-0.1, -0.05) is 0 Å². The van der Waals surface area contributed by atoms with Crippen LogP contribution in [0.4, 0.5) is 24.7 Å². The minimum Gasteiger partial charge on any atom is -0.481 e. The number of carboxylic acids is 3. The Hall–Kier alpha value is -4.75. The van der Waals surface area contributed by atoms with Gasteiger partial charge in [-0.3, -0.25) is 9.59 Å². The number of aromatic carboxylic acids is 1. The lowest BCUT2D eigenvalue weighted by molar-refractivity contribution is -0.142. The summed E-state index contributed by atoms with van der Waals surface area (Å²) in [5.74, 6) is -6.08.